The highest BCUT2D eigenvalue weighted by Crippen LogP contribution is 2.51. The van der Waals surface area contributed by atoms with Gasteiger partial charge in [-0.25, -0.2) is 9.59 Å². The van der Waals surface area contributed by atoms with Crippen molar-refractivity contribution in [3.63, 3.8) is 0 Å². The third-order valence-corrected chi connectivity index (χ3v) is 13.9. The molecule has 6 rings (SSSR count). The normalized spacial score (nSPS) is 12.8. The van der Waals surface area contributed by atoms with Gasteiger partial charge in [-0.05, 0) is 60.0 Å². The monoisotopic (exact) mass is 828 g/mol. The van der Waals surface area contributed by atoms with Crippen molar-refractivity contribution < 1.29 is 23.9 Å². The molecule has 10 heteroatoms. The molecule has 0 radical (unpaired) electrons. The van der Waals surface area contributed by atoms with Crippen LogP contribution in [0.3, 0.4) is 0 Å². The number of carbonyl (C=O) groups excluding carboxylic acids is 3. The Bertz CT molecular complexity index is 2060. The van der Waals surface area contributed by atoms with Gasteiger partial charge < -0.3 is 20.1 Å². The lowest BCUT2D eigenvalue weighted by Gasteiger charge is -2.37. The average molecular weight is 829 g/mol. The van der Waals surface area contributed by atoms with Gasteiger partial charge >= 0.3 is 12.1 Å². The second kappa shape index (κ2) is 19.4. The summed E-state index contributed by atoms with van der Waals surface area (Å²) in [4.78, 5) is 42.9. The molecule has 1 heterocycles. The summed E-state index contributed by atoms with van der Waals surface area (Å²) in [7, 11) is 1.31. The second-order valence-electron chi connectivity index (χ2n) is 14.6. The third-order valence-electron chi connectivity index (χ3n) is 9.51. The molecule has 0 aliphatic carbocycles. The number of ether oxygens (including phenoxy) is 2. The van der Waals surface area contributed by atoms with Gasteiger partial charge in [0.2, 0.25) is 5.91 Å². The minimum absolute atomic E-state index is 0.135. The molecule has 0 unspecified atom stereocenters. The quantitative estimate of drug-likeness (QED) is 0.0741. The topological polar surface area (TPSA) is 93.7 Å². The van der Waals surface area contributed by atoms with Gasteiger partial charge in [0.05, 0.1) is 16.6 Å². The van der Waals surface area contributed by atoms with E-state index in [1.54, 1.807) is 32.1 Å². The maximum absolute atomic E-state index is 14.7. The van der Waals surface area contributed by atoms with E-state index in [1.165, 1.54) is 30.6 Å². The fraction of sp³-hybridized carbons (Fsp3) is 0.229. The molecule has 0 fully saturated rings. The number of benzene rings is 5. The highest BCUT2D eigenvalue weighted by Gasteiger charge is 2.42. The number of nitrogens with one attached hydrogen (secondary N) is 2. The van der Waals surface area contributed by atoms with Crippen LogP contribution in [0.25, 0.3) is 0 Å². The molecule has 2 N–H and O–H groups in total. The number of esters is 1. The molecular weight excluding hydrogens is 781 g/mol. The molecule has 0 spiro atoms. The van der Waals surface area contributed by atoms with Crippen LogP contribution in [0, 0.1) is 0 Å². The lowest BCUT2D eigenvalue weighted by atomic mass is 9.84. The summed E-state index contributed by atoms with van der Waals surface area (Å²) >= 11 is 4.70. The zero-order valence-corrected chi connectivity index (χ0v) is 35.5. The minimum atomic E-state index is -1.11. The smallest absolute Gasteiger partial charge is 0.408 e. The van der Waals surface area contributed by atoms with Crippen molar-refractivity contribution in [2.24, 2.45) is 0 Å². The Balaban J connectivity index is 1.36. The lowest BCUT2D eigenvalue weighted by molar-refractivity contribution is -0.144. The summed E-state index contributed by atoms with van der Waals surface area (Å²) in [5, 5.41) is 7.90. The van der Waals surface area contributed by atoms with Crippen molar-refractivity contribution in [2.75, 3.05) is 18.6 Å². The van der Waals surface area contributed by atoms with Gasteiger partial charge in [-0.2, -0.15) is 0 Å². The van der Waals surface area contributed by atoms with Crippen LogP contribution >= 0.6 is 34.9 Å². The van der Waals surface area contributed by atoms with E-state index in [2.05, 4.69) is 77.4 Å². The molecule has 298 valence electrons. The molecule has 7 nitrogen and oxygen atoms in total. The van der Waals surface area contributed by atoms with Gasteiger partial charge in [-0.1, -0.05) is 158 Å². The van der Waals surface area contributed by atoms with Gasteiger partial charge in [0.1, 0.15) is 17.7 Å². The molecular formula is C48H48N2O5S3. The number of thiophene rings is 1. The number of hydrogen-bond donors (Lipinski definition) is 2. The Labute approximate surface area is 354 Å². The third kappa shape index (κ3) is 9.86. The van der Waals surface area contributed by atoms with Crippen molar-refractivity contribution in [3.05, 3.63) is 202 Å². The fourth-order valence-electron chi connectivity index (χ4n) is 6.91. The first-order chi connectivity index (χ1) is 28.1. The fourth-order valence-corrected chi connectivity index (χ4v) is 11.1. The van der Waals surface area contributed by atoms with E-state index in [0.717, 1.165) is 32.7 Å². The van der Waals surface area contributed by atoms with E-state index in [9.17, 15) is 14.4 Å². The summed E-state index contributed by atoms with van der Waals surface area (Å²) in [5.74, 6) is -0.860. The number of hydrogen-bond acceptors (Lipinski definition) is 8. The van der Waals surface area contributed by atoms with Crippen molar-refractivity contribution in [3.8, 4) is 0 Å². The van der Waals surface area contributed by atoms with Crippen LogP contribution in [-0.4, -0.2) is 54.3 Å². The van der Waals surface area contributed by atoms with Crippen LogP contribution < -0.4 is 10.6 Å². The summed E-state index contributed by atoms with van der Waals surface area (Å²) in [5.41, 5.74) is 4.27. The van der Waals surface area contributed by atoms with E-state index in [0.29, 0.717) is 0 Å². The van der Waals surface area contributed by atoms with Crippen LogP contribution in [0.5, 0.6) is 0 Å². The highest BCUT2D eigenvalue weighted by atomic mass is 32.2. The Hall–Kier alpha value is -5.29. The zero-order valence-electron chi connectivity index (χ0n) is 33.0. The summed E-state index contributed by atoms with van der Waals surface area (Å²) in [6.07, 6.45) is -0.741. The Morgan fingerprint density at radius 1 is 0.552 bits per heavy atom. The molecule has 1 aromatic heterocycles. The molecule has 5 aromatic carbocycles. The SMILES string of the molecule is COC(=O)[C@H](CSC(c1ccccc1)(c1ccccc1)c1ccccc1)NC(=O)[C@H](CSC(c1ccccc1)(c1ccccc1)c1cccs1)NC(=O)OC(C)(C)C. The molecule has 2 amide bonds. The van der Waals surface area contributed by atoms with E-state index >= 15 is 0 Å². The lowest BCUT2D eigenvalue weighted by Crippen LogP contribution is -2.54. The highest BCUT2D eigenvalue weighted by molar-refractivity contribution is 8.01. The van der Waals surface area contributed by atoms with Crippen LogP contribution in [0.15, 0.2) is 169 Å². The number of amides is 2. The molecule has 0 bridgehead atoms. The largest absolute Gasteiger partial charge is 0.467 e. The van der Waals surface area contributed by atoms with E-state index < -0.39 is 45.1 Å². The van der Waals surface area contributed by atoms with Gasteiger partial charge in [0.25, 0.3) is 0 Å². The van der Waals surface area contributed by atoms with Crippen LogP contribution in [0.4, 0.5) is 4.79 Å². The molecule has 0 saturated heterocycles. The summed E-state index contributed by atoms with van der Waals surface area (Å²) < 4.78 is 9.50. The molecule has 2 atom stereocenters. The first-order valence-corrected chi connectivity index (χ1v) is 21.9. The van der Waals surface area contributed by atoms with Crippen molar-refractivity contribution >= 4 is 52.8 Å². The standard InChI is InChI=1S/C48H48N2O5S3/c1-46(2,3)55-45(53)50-40(33-58-48(42-31-20-32-56-42,38-27-16-8-17-28-38)39-29-18-9-19-30-39)43(51)49-41(44(52)54-4)34-57-47(35-21-10-5-11-22-35,36-23-12-6-13-24-36)37-25-14-7-15-26-37/h5-32,40-41H,33-34H2,1-4H3,(H,49,51)(H,50,53)/t40-,41-/m0/s1. The van der Waals surface area contributed by atoms with Gasteiger partial charge in [0.15, 0.2) is 0 Å². The number of carbonyl (C=O) groups is 3. The van der Waals surface area contributed by atoms with Crippen molar-refractivity contribution in [1.82, 2.24) is 10.6 Å². The molecule has 58 heavy (non-hydrogen) atoms. The molecule has 0 saturated carbocycles. The van der Waals surface area contributed by atoms with Crippen molar-refractivity contribution in [1.29, 1.82) is 0 Å². The maximum Gasteiger partial charge on any atom is 0.408 e. The average Bonchev–Trinajstić information content (AvgIpc) is 3.80. The van der Waals surface area contributed by atoms with Crippen LogP contribution in [0.2, 0.25) is 0 Å². The van der Waals surface area contributed by atoms with Gasteiger partial charge in [-0.3, -0.25) is 4.79 Å². The summed E-state index contributed by atoms with van der Waals surface area (Å²) in [6, 6.07) is 52.6. The van der Waals surface area contributed by atoms with E-state index in [-0.39, 0.29) is 11.5 Å². The van der Waals surface area contributed by atoms with Crippen LogP contribution in [-0.2, 0) is 28.6 Å². The zero-order chi connectivity index (χ0) is 41.0. The second-order valence-corrected chi connectivity index (χ2v) is 18.0. The minimum Gasteiger partial charge on any atom is -0.467 e. The maximum atomic E-state index is 14.7. The Morgan fingerprint density at radius 2 is 0.948 bits per heavy atom. The number of methoxy groups -OCH3 is 1. The molecule has 6 aromatic rings. The predicted octanol–water partition coefficient (Wildman–Crippen LogP) is 10.0. The van der Waals surface area contributed by atoms with Crippen molar-refractivity contribution in [2.45, 2.75) is 47.9 Å². The van der Waals surface area contributed by atoms with Gasteiger partial charge in [-0.15, -0.1) is 34.9 Å². The number of thioether (sulfide) groups is 2. The first-order valence-electron chi connectivity index (χ1n) is 19.0. The van der Waals surface area contributed by atoms with E-state index in [1.807, 2.05) is 102 Å². The Morgan fingerprint density at radius 3 is 1.33 bits per heavy atom. The first kappa shape index (κ1) is 42.3. The Kier molecular flexibility index (Phi) is 14.2. The summed E-state index contributed by atoms with van der Waals surface area (Å²) in [6.45, 7) is 5.31. The molecule has 0 aliphatic rings. The number of rotatable bonds is 16. The number of alkyl carbamates (subject to hydrolysis) is 1. The van der Waals surface area contributed by atoms with Gasteiger partial charge in [0, 0.05) is 16.4 Å². The predicted molar refractivity (Wildman–Crippen MR) is 238 cm³/mol. The van der Waals surface area contributed by atoms with E-state index in [4.69, 9.17) is 9.47 Å². The molecule has 0 aliphatic heterocycles. The van der Waals surface area contributed by atoms with Crippen LogP contribution in [0.1, 0.15) is 53.5 Å².